The van der Waals surface area contributed by atoms with Gasteiger partial charge in [0.15, 0.2) is 0 Å². The normalized spacial score (nSPS) is 11.8. The van der Waals surface area contributed by atoms with Crippen LogP contribution in [0.4, 0.5) is 5.69 Å². The van der Waals surface area contributed by atoms with Crippen molar-refractivity contribution in [3.05, 3.63) is 94.1 Å². The van der Waals surface area contributed by atoms with Crippen LogP contribution in [0.3, 0.4) is 0 Å². The summed E-state index contributed by atoms with van der Waals surface area (Å²) in [6.45, 7) is 1.69. The number of nitrogens with one attached hydrogen (secondary N) is 1. The summed E-state index contributed by atoms with van der Waals surface area (Å²) in [5.74, 6) is -0.151. The van der Waals surface area contributed by atoms with Crippen LogP contribution in [-0.2, 0) is 21.9 Å². The number of furan rings is 1. The Morgan fingerprint density at radius 1 is 1.08 bits per heavy atom. The molecule has 36 heavy (non-hydrogen) atoms. The summed E-state index contributed by atoms with van der Waals surface area (Å²) in [5.41, 5.74) is 1.07. The average molecular weight is 504 g/mol. The number of hydrogen-bond acceptors (Lipinski definition) is 6. The molecule has 2 aromatic carbocycles. The lowest BCUT2D eigenvalue weighted by atomic mass is 10.2. The molecule has 0 aliphatic rings. The fraction of sp³-hybridized carbons (Fsp3) is 0.0800. The van der Waals surface area contributed by atoms with Gasteiger partial charge >= 0.3 is 0 Å². The number of aromatic nitrogens is 2. The number of anilines is 1. The number of carbonyl (C=O) groups is 1. The van der Waals surface area contributed by atoms with E-state index in [0.29, 0.717) is 22.7 Å². The van der Waals surface area contributed by atoms with Gasteiger partial charge in [-0.25, -0.2) is 18.2 Å². The molecular formula is C25H21N5O5S. The van der Waals surface area contributed by atoms with E-state index in [1.807, 2.05) is 12.1 Å². The summed E-state index contributed by atoms with van der Waals surface area (Å²) in [5, 5.41) is 17.2. The van der Waals surface area contributed by atoms with E-state index < -0.39 is 21.5 Å². The number of sulfonamides is 1. The van der Waals surface area contributed by atoms with E-state index in [0.717, 1.165) is 0 Å². The second kappa shape index (κ2) is 9.53. The van der Waals surface area contributed by atoms with Gasteiger partial charge in [-0.05, 0) is 55.5 Å². The molecule has 1 amide bonds. The molecule has 0 spiro atoms. The fourth-order valence-corrected chi connectivity index (χ4v) is 4.09. The first-order chi connectivity index (χ1) is 17.1. The highest BCUT2D eigenvalue weighted by atomic mass is 32.2. The van der Waals surface area contributed by atoms with Crippen LogP contribution in [-0.4, -0.2) is 23.7 Å². The summed E-state index contributed by atoms with van der Waals surface area (Å²) in [4.78, 5) is 25.8. The third-order valence-electron chi connectivity index (χ3n) is 5.54. The van der Waals surface area contributed by atoms with Crippen LogP contribution >= 0.6 is 0 Å². The van der Waals surface area contributed by atoms with E-state index >= 15 is 0 Å². The van der Waals surface area contributed by atoms with Crippen LogP contribution in [0, 0.1) is 18.3 Å². The number of nitrogens with two attached hydrogens (primary N) is 1. The third-order valence-corrected chi connectivity index (χ3v) is 6.47. The molecule has 0 atom stereocenters. The Hall–Kier alpha value is -4.66. The molecule has 4 rings (SSSR count). The third kappa shape index (κ3) is 4.76. The number of hydrogen-bond donors (Lipinski definition) is 2. The van der Waals surface area contributed by atoms with Gasteiger partial charge in [-0.1, -0.05) is 18.2 Å². The van der Waals surface area contributed by atoms with Gasteiger partial charge in [-0.3, -0.25) is 14.3 Å². The first-order valence-corrected chi connectivity index (χ1v) is 12.1. The molecule has 10 nitrogen and oxygen atoms in total. The first kappa shape index (κ1) is 24.5. The van der Waals surface area contributed by atoms with Gasteiger partial charge in [0, 0.05) is 18.7 Å². The zero-order valence-electron chi connectivity index (χ0n) is 19.3. The minimum atomic E-state index is -3.82. The molecule has 0 saturated heterocycles. The molecule has 0 fully saturated rings. The molecule has 4 aromatic rings. The maximum atomic E-state index is 13.0. The zero-order chi connectivity index (χ0) is 26.0. The Bertz CT molecular complexity index is 1690. The van der Waals surface area contributed by atoms with Crippen molar-refractivity contribution in [2.45, 2.75) is 11.8 Å². The molecule has 2 heterocycles. The van der Waals surface area contributed by atoms with Crippen molar-refractivity contribution in [2.75, 3.05) is 5.32 Å². The predicted octanol–water partition coefficient (Wildman–Crippen LogP) is 2.94. The lowest BCUT2D eigenvalue weighted by molar-refractivity contribution is -0.112. The van der Waals surface area contributed by atoms with Crippen molar-refractivity contribution in [3.63, 3.8) is 0 Å². The van der Waals surface area contributed by atoms with Gasteiger partial charge in [0.25, 0.3) is 11.5 Å². The Balaban J connectivity index is 1.59. The lowest BCUT2D eigenvalue weighted by Crippen LogP contribution is -2.23. The molecule has 0 unspecified atom stereocenters. The SMILES string of the molecule is Cc1c(NC(=O)/C(C#N)=C/c2ccc(-c3ccc(S(N)(=O)=O)cc3)o2)c(=O)n(-c2ccccc2)n1C. The second-order valence-corrected chi connectivity index (χ2v) is 9.39. The maximum Gasteiger partial charge on any atom is 0.295 e. The van der Waals surface area contributed by atoms with E-state index in [2.05, 4.69) is 5.32 Å². The minimum absolute atomic E-state index is 0.0381. The summed E-state index contributed by atoms with van der Waals surface area (Å²) in [6, 6.07) is 19.7. The number of benzene rings is 2. The van der Waals surface area contributed by atoms with Crippen LogP contribution in [0.5, 0.6) is 0 Å². The number of nitriles is 1. The Morgan fingerprint density at radius 2 is 1.75 bits per heavy atom. The van der Waals surface area contributed by atoms with Crippen LogP contribution < -0.4 is 16.0 Å². The number of primary sulfonamides is 1. The average Bonchev–Trinajstić information content (AvgIpc) is 3.41. The largest absolute Gasteiger partial charge is 0.457 e. The minimum Gasteiger partial charge on any atom is -0.457 e. The van der Waals surface area contributed by atoms with Gasteiger partial charge in [-0.2, -0.15) is 5.26 Å². The summed E-state index contributed by atoms with van der Waals surface area (Å²) >= 11 is 0. The van der Waals surface area contributed by atoms with Crippen LogP contribution in [0.2, 0.25) is 0 Å². The molecule has 3 N–H and O–H groups in total. The summed E-state index contributed by atoms with van der Waals surface area (Å²) in [7, 11) is -2.13. The quantitative estimate of drug-likeness (QED) is 0.305. The fourth-order valence-electron chi connectivity index (χ4n) is 3.58. The van der Waals surface area contributed by atoms with Crippen LogP contribution in [0.1, 0.15) is 11.5 Å². The lowest BCUT2D eigenvalue weighted by Gasteiger charge is -2.07. The summed E-state index contributed by atoms with van der Waals surface area (Å²) in [6.07, 6.45) is 1.26. The van der Waals surface area contributed by atoms with E-state index in [9.17, 15) is 23.3 Å². The maximum absolute atomic E-state index is 13.0. The highest BCUT2D eigenvalue weighted by Gasteiger charge is 2.20. The zero-order valence-corrected chi connectivity index (χ0v) is 20.1. The van der Waals surface area contributed by atoms with E-state index in [1.165, 1.54) is 35.0 Å². The highest BCUT2D eigenvalue weighted by molar-refractivity contribution is 7.89. The number of para-hydroxylation sites is 1. The van der Waals surface area contributed by atoms with Crippen molar-refractivity contribution in [2.24, 2.45) is 12.2 Å². The molecular weight excluding hydrogens is 482 g/mol. The number of rotatable bonds is 6. The topological polar surface area (TPSA) is 153 Å². The van der Waals surface area contributed by atoms with Gasteiger partial charge < -0.3 is 9.73 Å². The molecule has 0 radical (unpaired) electrons. The predicted molar refractivity (Wildman–Crippen MR) is 133 cm³/mol. The molecule has 0 aliphatic carbocycles. The smallest absolute Gasteiger partial charge is 0.295 e. The first-order valence-electron chi connectivity index (χ1n) is 10.6. The second-order valence-electron chi connectivity index (χ2n) is 7.83. The van der Waals surface area contributed by atoms with Crippen molar-refractivity contribution < 1.29 is 17.6 Å². The van der Waals surface area contributed by atoms with E-state index in [4.69, 9.17) is 9.56 Å². The molecule has 182 valence electrons. The molecule has 0 saturated carbocycles. The van der Waals surface area contributed by atoms with Gasteiger partial charge in [0.05, 0.1) is 16.3 Å². The van der Waals surface area contributed by atoms with Crippen molar-refractivity contribution >= 4 is 27.7 Å². The van der Waals surface area contributed by atoms with Crippen molar-refractivity contribution in [1.29, 1.82) is 5.26 Å². The van der Waals surface area contributed by atoms with Gasteiger partial charge in [-0.15, -0.1) is 0 Å². The Labute approximate surface area is 206 Å². The van der Waals surface area contributed by atoms with Crippen LogP contribution in [0.15, 0.2) is 86.4 Å². The number of nitrogens with zero attached hydrogens (tertiary/aromatic N) is 3. The van der Waals surface area contributed by atoms with Crippen LogP contribution in [0.25, 0.3) is 23.1 Å². The molecule has 0 aliphatic heterocycles. The Kier molecular flexibility index (Phi) is 6.48. The Morgan fingerprint density at radius 3 is 2.36 bits per heavy atom. The van der Waals surface area contributed by atoms with E-state index in [-0.39, 0.29) is 21.9 Å². The molecule has 0 bridgehead atoms. The molecule has 11 heteroatoms. The summed E-state index contributed by atoms with van der Waals surface area (Å²) < 4.78 is 31.6. The molecule has 2 aromatic heterocycles. The van der Waals surface area contributed by atoms with E-state index in [1.54, 1.807) is 55.1 Å². The van der Waals surface area contributed by atoms with Gasteiger partial charge in [0.1, 0.15) is 28.9 Å². The monoisotopic (exact) mass is 503 g/mol. The number of amides is 1. The highest BCUT2D eigenvalue weighted by Crippen LogP contribution is 2.25. The number of carbonyl (C=O) groups excluding carboxylic acids is 1. The van der Waals surface area contributed by atoms with Gasteiger partial charge in [0.2, 0.25) is 10.0 Å². The standard InChI is InChI=1S/C25H21N5O5S/c1-16-23(25(32)30(29(16)2)19-6-4-3-5-7-19)28-24(31)18(15-26)14-20-10-13-22(35-20)17-8-11-21(12-9-17)36(27,33)34/h3-14H,1-2H3,(H,28,31)(H2,27,33,34)/b18-14+. The van der Waals surface area contributed by atoms with Crippen molar-refractivity contribution in [1.82, 2.24) is 9.36 Å². The van der Waals surface area contributed by atoms with Crippen molar-refractivity contribution in [3.8, 4) is 23.1 Å².